The number of methoxy groups -OCH3 is 1. The lowest BCUT2D eigenvalue weighted by molar-refractivity contribution is 0.0995. The van der Waals surface area contributed by atoms with Gasteiger partial charge in [-0.05, 0) is 31.9 Å². The summed E-state index contributed by atoms with van der Waals surface area (Å²) in [7, 11) is 1.55. The summed E-state index contributed by atoms with van der Waals surface area (Å²) >= 11 is 0. The highest BCUT2D eigenvalue weighted by atomic mass is 16.5. The molecule has 29 heavy (non-hydrogen) atoms. The molecule has 1 amide bonds. The number of amides is 1. The van der Waals surface area contributed by atoms with Crippen molar-refractivity contribution in [2.24, 2.45) is 4.99 Å². The van der Waals surface area contributed by atoms with Crippen LogP contribution in [-0.4, -0.2) is 52.1 Å². The number of anilines is 1. The van der Waals surface area contributed by atoms with Crippen LogP contribution in [-0.2, 0) is 6.54 Å². The van der Waals surface area contributed by atoms with E-state index in [0.29, 0.717) is 23.8 Å². The van der Waals surface area contributed by atoms with E-state index in [0.717, 1.165) is 24.5 Å². The van der Waals surface area contributed by atoms with E-state index >= 15 is 0 Å². The van der Waals surface area contributed by atoms with Gasteiger partial charge in [0.2, 0.25) is 5.88 Å². The summed E-state index contributed by atoms with van der Waals surface area (Å²) in [5, 5.41) is 4.62. The van der Waals surface area contributed by atoms with E-state index in [1.165, 1.54) is 12.8 Å². The Labute approximate surface area is 169 Å². The summed E-state index contributed by atoms with van der Waals surface area (Å²) in [5.41, 5.74) is 2.10. The average molecular weight is 392 g/mol. The molecule has 0 aliphatic carbocycles. The molecule has 4 rings (SSSR count). The number of hydrogen-bond acceptors (Lipinski definition) is 5. The largest absolute Gasteiger partial charge is 0.481 e. The molecule has 0 aromatic carbocycles. The van der Waals surface area contributed by atoms with Crippen LogP contribution in [0.3, 0.4) is 0 Å². The van der Waals surface area contributed by atoms with Crippen LogP contribution >= 0.6 is 0 Å². The Morgan fingerprint density at radius 2 is 2.10 bits per heavy atom. The maximum atomic E-state index is 12.9. The maximum Gasteiger partial charge on any atom is 0.263 e. The Kier molecular flexibility index (Phi) is 5.41. The molecule has 8 nitrogen and oxygen atoms in total. The van der Waals surface area contributed by atoms with E-state index < -0.39 is 0 Å². The van der Waals surface area contributed by atoms with Crippen LogP contribution in [0.25, 0.3) is 5.70 Å². The Hall–Kier alpha value is -3.42. The molecule has 1 saturated heterocycles. The van der Waals surface area contributed by atoms with Crippen molar-refractivity contribution in [3.05, 3.63) is 54.0 Å². The molecule has 0 radical (unpaired) electrons. The zero-order valence-corrected chi connectivity index (χ0v) is 16.7. The number of allylic oxidation sites excluding steroid dienone is 3. The van der Waals surface area contributed by atoms with Gasteiger partial charge in [-0.2, -0.15) is 10.1 Å². The molecule has 2 aromatic heterocycles. The summed E-state index contributed by atoms with van der Waals surface area (Å²) in [6.07, 6.45) is 11.7. The van der Waals surface area contributed by atoms with Gasteiger partial charge in [-0.15, -0.1) is 0 Å². The van der Waals surface area contributed by atoms with Crippen molar-refractivity contribution in [1.82, 2.24) is 19.7 Å². The van der Waals surface area contributed by atoms with Crippen LogP contribution in [0, 0.1) is 0 Å². The van der Waals surface area contributed by atoms with Crippen molar-refractivity contribution in [3.8, 4) is 5.88 Å². The first kappa shape index (κ1) is 18.9. The van der Waals surface area contributed by atoms with Crippen molar-refractivity contribution in [1.29, 1.82) is 0 Å². The van der Waals surface area contributed by atoms with Crippen LogP contribution < -0.4 is 9.64 Å². The lowest BCUT2D eigenvalue weighted by Gasteiger charge is -2.15. The summed E-state index contributed by atoms with van der Waals surface area (Å²) in [4.78, 5) is 25.5. The van der Waals surface area contributed by atoms with Crippen molar-refractivity contribution < 1.29 is 9.53 Å². The Bertz CT molecular complexity index is 985. The van der Waals surface area contributed by atoms with E-state index in [9.17, 15) is 4.79 Å². The molecule has 0 bridgehead atoms. The van der Waals surface area contributed by atoms with Crippen molar-refractivity contribution >= 4 is 23.8 Å². The van der Waals surface area contributed by atoms with E-state index in [1.54, 1.807) is 41.2 Å². The summed E-state index contributed by atoms with van der Waals surface area (Å²) in [6.45, 7) is 4.42. The third kappa shape index (κ3) is 3.91. The first-order valence-corrected chi connectivity index (χ1v) is 9.71. The van der Waals surface area contributed by atoms with Gasteiger partial charge >= 0.3 is 0 Å². The number of nitrogens with zero attached hydrogens (tertiary/aromatic N) is 6. The summed E-state index contributed by atoms with van der Waals surface area (Å²) in [5.74, 6) is 0.907. The van der Waals surface area contributed by atoms with Gasteiger partial charge in [-0.1, -0.05) is 12.1 Å². The average Bonchev–Trinajstić information content (AvgIpc) is 3.46. The second kappa shape index (κ2) is 8.30. The Morgan fingerprint density at radius 1 is 1.28 bits per heavy atom. The molecule has 2 aromatic rings. The van der Waals surface area contributed by atoms with Crippen LogP contribution in [0.1, 0.15) is 35.8 Å². The molecule has 1 fully saturated rings. The number of likely N-dealkylation sites (tertiary alicyclic amines) is 1. The predicted octanol–water partition coefficient (Wildman–Crippen LogP) is 2.95. The molecule has 0 saturated carbocycles. The molecule has 150 valence electrons. The lowest BCUT2D eigenvalue weighted by atomic mass is 10.3. The molecular formula is C21H24N6O2. The second-order valence-corrected chi connectivity index (χ2v) is 6.93. The standard InChI is InChI=1S/C21H24N6O2/c1-3-7-16(12-22-15-25-10-4-5-11-25)27-13-17-18(24-27)14-26(21(17)28)19-8-6-9-20(23-19)29-2/h3,6-9,12-13,15H,4-5,10-11,14H2,1-2H3/b7-3-,16-12+,22-15+. The molecular weight excluding hydrogens is 368 g/mol. The quantitative estimate of drug-likeness (QED) is 0.429. The maximum absolute atomic E-state index is 12.9. The smallest absolute Gasteiger partial charge is 0.263 e. The molecule has 0 atom stereocenters. The molecule has 2 aliphatic heterocycles. The number of carbonyl (C=O) groups excluding carboxylic acids is 1. The predicted molar refractivity (Wildman–Crippen MR) is 112 cm³/mol. The monoisotopic (exact) mass is 392 g/mol. The minimum atomic E-state index is -0.118. The van der Waals surface area contributed by atoms with Crippen molar-refractivity contribution in [2.75, 3.05) is 25.1 Å². The van der Waals surface area contributed by atoms with Crippen LogP contribution in [0.2, 0.25) is 0 Å². The van der Waals surface area contributed by atoms with Gasteiger partial charge < -0.3 is 9.64 Å². The molecule has 0 N–H and O–H groups in total. The number of fused-ring (bicyclic) bond motifs is 1. The number of hydrogen-bond donors (Lipinski definition) is 0. The molecule has 2 aliphatic rings. The van der Waals surface area contributed by atoms with Crippen LogP contribution in [0.5, 0.6) is 5.88 Å². The van der Waals surface area contributed by atoms with E-state index in [-0.39, 0.29) is 5.91 Å². The molecule has 8 heteroatoms. The highest BCUT2D eigenvalue weighted by molar-refractivity contribution is 6.09. The number of aromatic nitrogens is 3. The van der Waals surface area contributed by atoms with Gasteiger partial charge in [-0.25, -0.2) is 9.67 Å². The zero-order chi connectivity index (χ0) is 20.2. The van der Waals surface area contributed by atoms with Crippen molar-refractivity contribution in [3.63, 3.8) is 0 Å². The highest BCUT2D eigenvalue weighted by Gasteiger charge is 2.33. The van der Waals surface area contributed by atoms with Gasteiger partial charge in [0.25, 0.3) is 5.91 Å². The fourth-order valence-corrected chi connectivity index (χ4v) is 3.47. The topological polar surface area (TPSA) is 75.8 Å². The van der Waals surface area contributed by atoms with E-state index in [4.69, 9.17) is 4.74 Å². The lowest BCUT2D eigenvalue weighted by Crippen LogP contribution is -2.24. The second-order valence-electron chi connectivity index (χ2n) is 6.93. The zero-order valence-electron chi connectivity index (χ0n) is 16.7. The van der Waals surface area contributed by atoms with Gasteiger partial charge in [0, 0.05) is 25.4 Å². The van der Waals surface area contributed by atoms with E-state index in [2.05, 4.69) is 20.0 Å². The minimum Gasteiger partial charge on any atom is -0.481 e. The van der Waals surface area contributed by atoms with Gasteiger partial charge in [0.1, 0.15) is 5.82 Å². The first-order chi connectivity index (χ1) is 14.2. The third-order valence-electron chi connectivity index (χ3n) is 4.95. The fraction of sp³-hybridized carbons (Fsp3) is 0.333. The Balaban J connectivity index is 1.55. The van der Waals surface area contributed by atoms with Crippen LogP contribution in [0.4, 0.5) is 5.82 Å². The van der Waals surface area contributed by atoms with E-state index in [1.807, 2.05) is 31.5 Å². The third-order valence-corrected chi connectivity index (χ3v) is 4.95. The highest BCUT2D eigenvalue weighted by Crippen LogP contribution is 2.28. The van der Waals surface area contributed by atoms with Crippen molar-refractivity contribution in [2.45, 2.75) is 26.3 Å². The minimum absolute atomic E-state index is 0.118. The summed E-state index contributed by atoms with van der Waals surface area (Å²) in [6, 6.07) is 5.36. The fourth-order valence-electron chi connectivity index (χ4n) is 3.47. The normalized spacial score (nSPS) is 17.2. The SMILES string of the molecule is C\C=C/C(=C\N=C\N1CCCC1)n1cc2c(n1)CN(c1cccc(OC)n1)C2=O. The number of aliphatic imine (C=N–C) groups is 1. The van der Waals surface area contributed by atoms with Gasteiger partial charge in [-0.3, -0.25) is 9.69 Å². The molecule has 0 unspecified atom stereocenters. The number of carbonyl (C=O) groups is 1. The summed E-state index contributed by atoms with van der Waals surface area (Å²) < 4.78 is 6.87. The molecule has 4 heterocycles. The van der Waals surface area contributed by atoms with Gasteiger partial charge in [0.05, 0.1) is 43.1 Å². The Morgan fingerprint density at radius 3 is 2.83 bits per heavy atom. The molecule has 0 spiro atoms. The van der Waals surface area contributed by atoms with Gasteiger partial charge in [0.15, 0.2) is 0 Å². The van der Waals surface area contributed by atoms with Crippen LogP contribution in [0.15, 0.2) is 47.7 Å². The first-order valence-electron chi connectivity index (χ1n) is 9.71. The number of rotatable bonds is 6. The number of ether oxygens (including phenoxy) is 1. The number of pyridine rings is 1.